The minimum absolute atomic E-state index is 0. The van der Waals surface area contributed by atoms with E-state index in [4.69, 9.17) is 0 Å². The fourth-order valence-corrected chi connectivity index (χ4v) is 2.04. The molecule has 0 saturated heterocycles. The maximum Gasteiger partial charge on any atom is 0.0345 e. The van der Waals surface area contributed by atoms with E-state index in [2.05, 4.69) is 37.3 Å². The molecule has 0 bridgehead atoms. The highest BCUT2D eigenvalue weighted by Crippen LogP contribution is 2.23. The third-order valence-corrected chi connectivity index (χ3v) is 2.58. The molecular weight excluding hydrogens is 140 g/mol. The molecule has 0 aliphatic heterocycles. The van der Waals surface area contributed by atoms with Crippen LogP contribution in [0.3, 0.4) is 0 Å². The van der Waals surface area contributed by atoms with Gasteiger partial charge in [-0.25, -0.2) is 0 Å². The Kier molecular flexibility index (Phi) is 1.24. The van der Waals surface area contributed by atoms with Crippen molar-refractivity contribution in [1.29, 1.82) is 0 Å². The highest BCUT2D eigenvalue weighted by atomic mass is 32.1. The zero-order chi connectivity index (χ0) is 6.97. The Bertz CT molecular complexity index is 318. The van der Waals surface area contributed by atoms with Crippen molar-refractivity contribution in [2.75, 3.05) is 0 Å². The van der Waals surface area contributed by atoms with Crippen molar-refractivity contribution in [2.24, 2.45) is 0 Å². The van der Waals surface area contributed by atoms with Crippen molar-refractivity contribution >= 4 is 21.4 Å². The quantitative estimate of drug-likeness (QED) is 0.539. The number of benzene rings is 1. The number of thiophene rings is 1. The molecule has 10 heavy (non-hydrogen) atoms. The second-order valence-corrected chi connectivity index (χ2v) is 3.68. The zero-order valence-corrected chi connectivity index (χ0v) is 6.61. The largest absolute Gasteiger partial charge is 0.141 e. The molecule has 0 saturated carbocycles. The molecule has 2 rings (SSSR count). The number of aryl methyl sites for hydroxylation is 1. The summed E-state index contributed by atoms with van der Waals surface area (Å²) in [6.07, 6.45) is 0. The fraction of sp³-hybridized carbons (Fsp3) is 0.111. The Labute approximate surface area is 65.6 Å². The smallest absolute Gasteiger partial charge is 0.0345 e. The van der Waals surface area contributed by atoms with Crippen LogP contribution in [0.15, 0.2) is 30.3 Å². The van der Waals surface area contributed by atoms with Gasteiger partial charge in [0.2, 0.25) is 0 Å². The molecule has 0 unspecified atom stereocenters. The molecule has 52 valence electrons. The first kappa shape index (κ1) is 5.93. The van der Waals surface area contributed by atoms with E-state index < -0.39 is 0 Å². The van der Waals surface area contributed by atoms with Gasteiger partial charge in [-0.05, 0) is 24.4 Å². The van der Waals surface area contributed by atoms with E-state index >= 15 is 0 Å². The van der Waals surface area contributed by atoms with Crippen molar-refractivity contribution in [3.8, 4) is 0 Å². The van der Waals surface area contributed by atoms with Gasteiger partial charge in [-0.3, -0.25) is 0 Å². The minimum atomic E-state index is 0. The van der Waals surface area contributed by atoms with Crippen molar-refractivity contribution in [3.05, 3.63) is 35.2 Å². The van der Waals surface area contributed by atoms with Crippen LogP contribution in [0.1, 0.15) is 6.30 Å². The van der Waals surface area contributed by atoms with Gasteiger partial charge >= 0.3 is 0 Å². The van der Waals surface area contributed by atoms with Crippen LogP contribution in [-0.4, -0.2) is 0 Å². The third kappa shape index (κ3) is 0.830. The highest BCUT2D eigenvalue weighted by Gasteiger charge is 1.93. The Morgan fingerprint density at radius 2 is 2.10 bits per heavy atom. The maximum atomic E-state index is 2.22. The summed E-state index contributed by atoms with van der Waals surface area (Å²) < 4.78 is 1.39. The minimum Gasteiger partial charge on any atom is -0.141 e. The average molecular weight is 150 g/mol. The topological polar surface area (TPSA) is 0 Å². The number of rotatable bonds is 0. The molecule has 0 spiro atoms. The molecule has 0 N–H and O–H groups in total. The van der Waals surface area contributed by atoms with Crippen LogP contribution in [0.4, 0.5) is 0 Å². The van der Waals surface area contributed by atoms with Gasteiger partial charge < -0.3 is 0 Å². The lowest BCUT2D eigenvalue weighted by atomic mass is 10.2. The molecule has 2 aromatic rings. The summed E-state index contributed by atoms with van der Waals surface area (Å²) in [7, 11) is 0. The lowest BCUT2D eigenvalue weighted by Crippen LogP contribution is -1.56. The van der Waals surface area contributed by atoms with E-state index in [9.17, 15) is 0 Å². The van der Waals surface area contributed by atoms with Gasteiger partial charge in [-0.1, -0.05) is 18.2 Å². The van der Waals surface area contributed by atoms with E-state index in [1.54, 1.807) is 0 Å². The first-order valence-corrected chi connectivity index (χ1v) is 4.13. The summed E-state index contributed by atoms with van der Waals surface area (Å²) in [6, 6.07) is 10.7. The van der Waals surface area contributed by atoms with Gasteiger partial charge in [-0.2, -0.15) is 0 Å². The van der Waals surface area contributed by atoms with Crippen LogP contribution in [0.25, 0.3) is 10.1 Å². The predicted octanol–water partition coefficient (Wildman–Crippen LogP) is 3.46. The Balaban J connectivity index is 0.000000605. The van der Waals surface area contributed by atoms with Gasteiger partial charge in [0.15, 0.2) is 0 Å². The standard InChI is InChI=1S/C9H8S.H2/c1-7-6-8-4-2-3-5-9(8)10-7;/h2-6H,1H3;1H. The summed E-state index contributed by atoms with van der Waals surface area (Å²) in [5.41, 5.74) is 0. The summed E-state index contributed by atoms with van der Waals surface area (Å²) in [4.78, 5) is 1.39. The fourth-order valence-electron chi connectivity index (χ4n) is 1.11. The molecule has 1 heteroatoms. The van der Waals surface area contributed by atoms with Crippen molar-refractivity contribution in [3.63, 3.8) is 0 Å². The predicted molar refractivity (Wildman–Crippen MR) is 48.7 cm³/mol. The number of fused-ring (bicyclic) bond motifs is 1. The van der Waals surface area contributed by atoms with E-state index in [1.165, 1.54) is 15.0 Å². The van der Waals surface area contributed by atoms with Crippen LogP contribution in [-0.2, 0) is 0 Å². The Morgan fingerprint density at radius 3 is 2.90 bits per heavy atom. The molecular formula is C9H10S. The second-order valence-electron chi connectivity index (χ2n) is 2.39. The van der Waals surface area contributed by atoms with Crippen molar-refractivity contribution < 1.29 is 1.43 Å². The van der Waals surface area contributed by atoms with Crippen molar-refractivity contribution in [2.45, 2.75) is 6.92 Å². The van der Waals surface area contributed by atoms with E-state index in [0.29, 0.717) is 0 Å². The van der Waals surface area contributed by atoms with Crippen LogP contribution in [0.2, 0.25) is 0 Å². The van der Waals surface area contributed by atoms with Crippen LogP contribution < -0.4 is 0 Å². The molecule has 1 aromatic carbocycles. The zero-order valence-electron chi connectivity index (χ0n) is 5.79. The van der Waals surface area contributed by atoms with E-state index in [1.807, 2.05) is 11.3 Å². The highest BCUT2D eigenvalue weighted by molar-refractivity contribution is 7.19. The monoisotopic (exact) mass is 150 g/mol. The van der Waals surface area contributed by atoms with Gasteiger partial charge in [0.25, 0.3) is 0 Å². The number of hydrogen-bond donors (Lipinski definition) is 0. The molecule has 0 amide bonds. The van der Waals surface area contributed by atoms with Crippen molar-refractivity contribution in [1.82, 2.24) is 0 Å². The van der Waals surface area contributed by atoms with E-state index in [-0.39, 0.29) is 1.43 Å². The first-order valence-electron chi connectivity index (χ1n) is 3.31. The Morgan fingerprint density at radius 1 is 1.30 bits per heavy atom. The molecule has 0 aliphatic rings. The molecule has 1 aromatic heterocycles. The van der Waals surface area contributed by atoms with Gasteiger partial charge in [0, 0.05) is 11.0 Å². The van der Waals surface area contributed by atoms with Crippen LogP contribution >= 0.6 is 11.3 Å². The van der Waals surface area contributed by atoms with Gasteiger partial charge in [0.05, 0.1) is 0 Å². The third-order valence-electron chi connectivity index (χ3n) is 1.55. The average Bonchev–Trinajstić information content (AvgIpc) is 2.27. The molecule has 1 heterocycles. The first-order chi connectivity index (χ1) is 4.86. The Hall–Kier alpha value is -0.820. The lowest BCUT2D eigenvalue weighted by Gasteiger charge is -1.82. The second kappa shape index (κ2) is 2.10. The summed E-state index contributed by atoms with van der Waals surface area (Å²) >= 11 is 1.85. The summed E-state index contributed by atoms with van der Waals surface area (Å²) in [5, 5.41) is 1.37. The molecule has 0 nitrogen and oxygen atoms in total. The molecule has 0 fully saturated rings. The molecule has 0 radical (unpaired) electrons. The molecule has 0 atom stereocenters. The SMILES string of the molecule is Cc1cc2ccccc2s1.[HH]. The summed E-state index contributed by atoms with van der Waals surface area (Å²) in [6.45, 7) is 2.14. The van der Waals surface area contributed by atoms with Crippen LogP contribution in [0, 0.1) is 6.92 Å². The number of hydrogen-bond acceptors (Lipinski definition) is 1. The van der Waals surface area contributed by atoms with Gasteiger partial charge in [-0.15, -0.1) is 11.3 Å². The maximum absolute atomic E-state index is 2.22. The molecule has 0 aliphatic carbocycles. The lowest BCUT2D eigenvalue weighted by molar-refractivity contribution is 1.65. The van der Waals surface area contributed by atoms with E-state index in [0.717, 1.165) is 0 Å². The normalized spacial score (nSPS) is 10.5. The van der Waals surface area contributed by atoms with Crippen LogP contribution in [0.5, 0.6) is 0 Å². The summed E-state index contributed by atoms with van der Waals surface area (Å²) in [5.74, 6) is 0. The van der Waals surface area contributed by atoms with Gasteiger partial charge in [0.1, 0.15) is 0 Å².